The first-order valence-corrected chi connectivity index (χ1v) is 8.37. The number of carbonyl (C=O) groups excluding carboxylic acids is 1. The number of rotatable bonds is 4. The first-order valence-electron chi connectivity index (χ1n) is 7.18. The Kier molecular flexibility index (Phi) is 5.10. The van der Waals surface area contributed by atoms with Crippen LogP contribution in [0.1, 0.15) is 44.5 Å². The molecule has 2 N–H and O–H groups in total. The van der Waals surface area contributed by atoms with Crippen molar-refractivity contribution >= 4 is 28.8 Å². The van der Waals surface area contributed by atoms with Crippen molar-refractivity contribution in [2.24, 2.45) is 11.3 Å². The zero-order valence-corrected chi connectivity index (χ0v) is 13.9. The molecule has 0 aromatic carbocycles. The van der Waals surface area contributed by atoms with Gasteiger partial charge in [-0.3, -0.25) is 4.79 Å². The van der Waals surface area contributed by atoms with Gasteiger partial charge in [0, 0.05) is 10.3 Å². The highest BCUT2D eigenvalue weighted by Crippen LogP contribution is 2.33. The number of hydrogen-bond donors (Lipinski definition) is 2. The topological polar surface area (TPSA) is 41.1 Å². The Hall–Kier alpha value is -0.580. The van der Waals surface area contributed by atoms with Gasteiger partial charge in [0.2, 0.25) is 5.91 Å². The fraction of sp³-hybridized carbons (Fsp3) is 0.667. The van der Waals surface area contributed by atoms with E-state index in [0.717, 1.165) is 35.1 Å². The summed E-state index contributed by atoms with van der Waals surface area (Å²) in [5, 5.41) is 6.52. The van der Waals surface area contributed by atoms with Gasteiger partial charge in [-0.25, -0.2) is 0 Å². The van der Waals surface area contributed by atoms with E-state index < -0.39 is 0 Å². The van der Waals surface area contributed by atoms with Gasteiger partial charge in [-0.1, -0.05) is 25.4 Å². The molecule has 1 aliphatic heterocycles. The molecule has 2 atom stereocenters. The molecule has 2 heterocycles. The first-order chi connectivity index (χ1) is 9.41. The van der Waals surface area contributed by atoms with E-state index in [2.05, 4.69) is 10.6 Å². The van der Waals surface area contributed by atoms with Crippen molar-refractivity contribution in [1.82, 2.24) is 10.6 Å². The third-order valence-corrected chi connectivity index (χ3v) is 5.68. The van der Waals surface area contributed by atoms with Crippen LogP contribution in [-0.4, -0.2) is 19.0 Å². The van der Waals surface area contributed by atoms with Crippen LogP contribution in [-0.2, 0) is 4.79 Å². The third kappa shape index (κ3) is 3.54. The van der Waals surface area contributed by atoms with E-state index in [4.69, 9.17) is 11.6 Å². The van der Waals surface area contributed by atoms with Crippen LogP contribution in [0.4, 0.5) is 0 Å². The number of piperidine rings is 1. The highest BCUT2D eigenvalue weighted by molar-refractivity contribution is 7.16. The molecule has 112 valence electrons. The molecule has 0 radical (unpaired) electrons. The Labute approximate surface area is 130 Å². The Morgan fingerprint density at radius 3 is 2.85 bits per heavy atom. The van der Waals surface area contributed by atoms with Crippen LogP contribution in [0.5, 0.6) is 0 Å². The Balaban J connectivity index is 1.99. The van der Waals surface area contributed by atoms with Crippen molar-refractivity contribution in [3.05, 3.63) is 21.3 Å². The van der Waals surface area contributed by atoms with Crippen molar-refractivity contribution in [2.45, 2.75) is 39.7 Å². The van der Waals surface area contributed by atoms with Crippen molar-refractivity contribution in [2.75, 3.05) is 13.1 Å². The van der Waals surface area contributed by atoms with E-state index in [1.165, 1.54) is 11.3 Å². The van der Waals surface area contributed by atoms with Gasteiger partial charge in [-0.05, 0) is 50.9 Å². The van der Waals surface area contributed by atoms with Crippen LogP contribution in [0.3, 0.4) is 0 Å². The Bertz CT molecular complexity index is 466. The molecule has 3 nitrogen and oxygen atoms in total. The van der Waals surface area contributed by atoms with E-state index in [1.807, 2.05) is 32.9 Å². The lowest BCUT2D eigenvalue weighted by molar-refractivity contribution is -0.133. The van der Waals surface area contributed by atoms with Gasteiger partial charge in [0.05, 0.1) is 10.4 Å². The van der Waals surface area contributed by atoms with E-state index in [-0.39, 0.29) is 17.4 Å². The van der Waals surface area contributed by atoms with E-state index >= 15 is 0 Å². The second kappa shape index (κ2) is 6.46. The number of halogens is 1. The summed E-state index contributed by atoms with van der Waals surface area (Å²) >= 11 is 7.47. The van der Waals surface area contributed by atoms with Gasteiger partial charge < -0.3 is 10.6 Å². The maximum Gasteiger partial charge on any atom is 0.226 e. The highest BCUT2D eigenvalue weighted by Gasteiger charge is 2.37. The molecule has 20 heavy (non-hydrogen) atoms. The van der Waals surface area contributed by atoms with E-state index in [1.54, 1.807) is 0 Å². The van der Waals surface area contributed by atoms with Crippen LogP contribution in [0, 0.1) is 11.3 Å². The summed E-state index contributed by atoms with van der Waals surface area (Å²) in [5.74, 6) is 0.526. The second-order valence-electron chi connectivity index (χ2n) is 6.10. The molecule has 1 saturated heterocycles. The van der Waals surface area contributed by atoms with Gasteiger partial charge >= 0.3 is 0 Å². The quantitative estimate of drug-likeness (QED) is 0.891. The van der Waals surface area contributed by atoms with E-state index in [0.29, 0.717) is 5.92 Å². The summed E-state index contributed by atoms with van der Waals surface area (Å²) in [6.07, 6.45) is 2.27. The highest BCUT2D eigenvalue weighted by atomic mass is 35.5. The Morgan fingerprint density at radius 2 is 2.30 bits per heavy atom. The minimum absolute atomic E-state index is 0.0100. The van der Waals surface area contributed by atoms with Crippen LogP contribution in [0.25, 0.3) is 0 Å². The van der Waals surface area contributed by atoms with Gasteiger partial charge in [0.25, 0.3) is 0 Å². The van der Waals surface area contributed by atoms with Crippen LogP contribution in [0.15, 0.2) is 12.1 Å². The molecule has 0 spiro atoms. The fourth-order valence-electron chi connectivity index (χ4n) is 2.67. The summed E-state index contributed by atoms with van der Waals surface area (Å²) in [5.41, 5.74) is -0.345. The molecule has 1 aromatic rings. The number of thiophene rings is 1. The molecule has 1 fully saturated rings. The minimum atomic E-state index is -0.345. The SMILES string of the molecule is CC(NC(=O)C(C)(C)C1CCCNC1)c1ccc(Cl)s1. The molecule has 1 aromatic heterocycles. The summed E-state index contributed by atoms with van der Waals surface area (Å²) in [4.78, 5) is 13.7. The number of nitrogens with one attached hydrogen (secondary N) is 2. The monoisotopic (exact) mass is 314 g/mol. The lowest BCUT2D eigenvalue weighted by atomic mass is 9.74. The zero-order chi connectivity index (χ0) is 14.8. The molecule has 0 saturated carbocycles. The van der Waals surface area contributed by atoms with E-state index in [9.17, 15) is 4.79 Å². The largest absolute Gasteiger partial charge is 0.348 e. The van der Waals surface area contributed by atoms with Gasteiger partial charge in [-0.15, -0.1) is 11.3 Å². The van der Waals surface area contributed by atoms with Gasteiger partial charge in [0.15, 0.2) is 0 Å². The van der Waals surface area contributed by atoms with Crippen molar-refractivity contribution < 1.29 is 4.79 Å². The third-order valence-electron chi connectivity index (χ3n) is 4.27. The molecular weight excluding hydrogens is 292 g/mol. The number of hydrogen-bond acceptors (Lipinski definition) is 3. The normalized spacial score (nSPS) is 21.5. The summed E-state index contributed by atoms with van der Waals surface area (Å²) in [7, 11) is 0. The van der Waals surface area contributed by atoms with Crippen LogP contribution in [0.2, 0.25) is 4.34 Å². The summed E-state index contributed by atoms with van der Waals surface area (Å²) in [6.45, 7) is 8.11. The number of amides is 1. The van der Waals surface area contributed by atoms with Crippen molar-refractivity contribution in [3.8, 4) is 0 Å². The standard InChI is InChI=1S/C15H23ClN2OS/c1-10(12-6-7-13(16)20-12)18-14(19)15(2,3)11-5-4-8-17-9-11/h6-7,10-11,17H,4-5,8-9H2,1-3H3,(H,18,19). The van der Waals surface area contributed by atoms with Crippen molar-refractivity contribution in [1.29, 1.82) is 0 Å². The first kappa shape index (κ1) is 15.8. The lowest BCUT2D eigenvalue weighted by Crippen LogP contribution is -2.47. The number of carbonyl (C=O) groups is 1. The maximum atomic E-state index is 12.6. The molecule has 0 bridgehead atoms. The zero-order valence-electron chi connectivity index (χ0n) is 12.3. The molecule has 2 unspecified atom stereocenters. The molecule has 0 aliphatic carbocycles. The average molecular weight is 315 g/mol. The van der Waals surface area contributed by atoms with Gasteiger partial charge in [0.1, 0.15) is 0 Å². The molecule has 2 rings (SSSR count). The summed E-state index contributed by atoms with van der Waals surface area (Å²) < 4.78 is 0.761. The lowest BCUT2D eigenvalue weighted by Gasteiger charge is -2.36. The van der Waals surface area contributed by atoms with Crippen LogP contribution < -0.4 is 10.6 Å². The predicted octanol–water partition coefficient (Wildman–Crippen LogP) is 3.60. The minimum Gasteiger partial charge on any atom is -0.348 e. The molecular formula is C15H23ClN2OS. The predicted molar refractivity (Wildman–Crippen MR) is 85.3 cm³/mol. The average Bonchev–Trinajstić information content (AvgIpc) is 2.86. The Morgan fingerprint density at radius 1 is 1.55 bits per heavy atom. The molecule has 1 aliphatic rings. The van der Waals surface area contributed by atoms with Gasteiger partial charge in [-0.2, -0.15) is 0 Å². The van der Waals surface area contributed by atoms with Crippen molar-refractivity contribution in [3.63, 3.8) is 0 Å². The molecule has 1 amide bonds. The molecule has 5 heteroatoms. The summed E-state index contributed by atoms with van der Waals surface area (Å²) in [6, 6.07) is 3.86. The smallest absolute Gasteiger partial charge is 0.226 e. The fourth-order valence-corrected chi connectivity index (χ4v) is 3.73. The maximum absolute atomic E-state index is 12.6. The second-order valence-corrected chi connectivity index (χ2v) is 7.85. The van der Waals surface area contributed by atoms with Crippen LogP contribution >= 0.6 is 22.9 Å².